The summed E-state index contributed by atoms with van der Waals surface area (Å²) in [7, 11) is 3.38. The highest BCUT2D eigenvalue weighted by atomic mass is 32.1. The van der Waals surface area contributed by atoms with Crippen molar-refractivity contribution < 1.29 is 14.4 Å². The maximum Gasteiger partial charge on any atom is 0.166 e. The number of benzene rings is 2. The smallest absolute Gasteiger partial charge is 0.166 e. The van der Waals surface area contributed by atoms with Crippen molar-refractivity contribution in [3.63, 3.8) is 0 Å². The van der Waals surface area contributed by atoms with Gasteiger partial charge in [-0.3, -0.25) is 0 Å². The minimum atomic E-state index is 0.164. The van der Waals surface area contributed by atoms with E-state index in [1.54, 1.807) is 14.2 Å². The van der Waals surface area contributed by atoms with E-state index in [0.717, 1.165) is 37.6 Å². The lowest BCUT2D eigenvalue weighted by atomic mass is 9.87. The summed E-state index contributed by atoms with van der Waals surface area (Å²) >= 11 is 5.48. The van der Waals surface area contributed by atoms with Crippen molar-refractivity contribution in [2.45, 2.75) is 38.9 Å². The van der Waals surface area contributed by atoms with E-state index in [4.69, 9.17) is 21.7 Å². The largest absolute Gasteiger partial charge is 0.493 e. The van der Waals surface area contributed by atoms with Crippen LogP contribution in [-0.4, -0.2) is 38.5 Å². The molecule has 0 bridgehead atoms. The number of ether oxygens (including phenoxy) is 2. The van der Waals surface area contributed by atoms with Crippen molar-refractivity contribution in [1.29, 1.82) is 0 Å². The van der Waals surface area contributed by atoms with E-state index in [2.05, 4.69) is 66.9 Å². The molecule has 0 fully saturated rings. The normalized spacial score (nSPS) is 19.0. The monoisotopic (exact) mass is 414 g/mol. The molecule has 1 aliphatic heterocycles. The van der Waals surface area contributed by atoms with Crippen LogP contribution in [0.3, 0.4) is 0 Å². The molecule has 0 saturated heterocycles. The molecule has 1 heterocycles. The van der Waals surface area contributed by atoms with Crippen LogP contribution in [0.1, 0.15) is 36.6 Å². The minimum Gasteiger partial charge on any atom is -0.493 e. The summed E-state index contributed by atoms with van der Waals surface area (Å²) in [5, 5.41) is 7.41. The van der Waals surface area contributed by atoms with Gasteiger partial charge in [0.2, 0.25) is 0 Å². The molecule has 0 radical (unpaired) electrons. The third-order valence-electron chi connectivity index (χ3n) is 5.61. The molecule has 0 saturated carbocycles. The van der Waals surface area contributed by atoms with Crippen molar-refractivity contribution in [2.75, 3.05) is 27.3 Å². The predicted molar refractivity (Wildman–Crippen MR) is 121 cm³/mol. The maximum atomic E-state index is 5.61. The second-order valence-electron chi connectivity index (χ2n) is 7.50. The fraction of sp³-hybridized carbons (Fsp3) is 0.435. The first kappa shape index (κ1) is 21.4. The number of quaternary nitrogens is 1. The summed E-state index contributed by atoms with van der Waals surface area (Å²) in [6.45, 7) is 7.11. The number of thiocarbonyl (C=S) groups is 1. The van der Waals surface area contributed by atoms with E-state index in [9.17, 15) is 0 Å². The Morgan fingerprint density at radius 3 is 2.52 bits per heavy atom. The minimum absolute atomic E-state index is 0.164. The molecule has 1 aliphatic rings. The molecular formula is C23H32N3O2S+. The fourth-order valence-electron chi connectivity index (χ4n) is 4.29. The van der Waals surface area contributed by atoms with Crippen LogP contribution < -0.4 is 25.0 Å². The van der Waals surface area contributed by atoms with Gasteiger partial charge in [-0.1, -0.05) is 30.3 Å². The molecule has 156 valence electrons. The summed E-state index contributed by atoms with van der Waals surface area (Å²) in [6.07, 6.45) is 1.01. The molecule has 3 atom stereocenters. The molecular weight excluding hydrogens is 382 g/mol. The van der Waals surface area contributed by atoms with Crippen LogP contribution in [0.5, 0.6) is 11.5 Å². The van der Waals surface area contributed by atoms with Crippen LogP contribution in [0.4, 0.5) is 0 Å². The Labute approximate surface area is 179 Å². The van der Waals surface area contributed by atoms with Crippen LogP contribution in [0, 0.1) is 0 Å². The van der Waals surface area contributed by atoms with Crippen molar-refractivity contribution in [3.05, 3.63) is 59.2 Å². The quantitative estimate of drug-likeness (QED) is 0.607. The Morgan fingerprint density at radius 2 is 1.86 bits per heavy atom. The van der Waals surface area contributed by atoms with E-state index in [1.165, 1.54) is 21.6 Å². The molecule has 5 nitrogen and oxygen atoms in total. The molecule has 3 N–H and O–H groups in total. The van der Waals surface area contributed by atoms with Crippen molar-refractivity contribution >= 4 is 17.3 Å². The number of hydrogen-bond donors (Lipinski definition) is 3. The van der Waals surface area contributed by atoms with E-state index >= 15 is 0 Å². The molecule has 2 aromatic carbocycles. The van der Waals surface area contributed by atoms with Gasteiger partial charge in [0.05, 0.1) is 26.8 Å². The SMILES string of the molecule is CCNC(=S)N[C@H](C)[C@@H]1c2cc(OC)c(OC)cc2CC[NH+]1Cc1ccccc1. The zero-order valence-electron chi connectivity index (χ0n) is 17.7. The lowest BCUT2D eigenvalue weighted by Gasteiger charge is -2.38. The molecule has 29 heavy (non-hydrogen) atoms. The van der Waals surface area contributed by atoms with Crippen LogP contribution >= 0.6 is 12.2 Å². The lowest BCUT2D eigenvalue weighted by molar-refractivity contribution is -0.948. The molecule has 3 rings (SSSR count). The average Bonchev–Trinajstić information content (AvgIpc) is 2.73. The predicted octanol–water partition coefficient (Wildman–Crippen LogP) is 2.26. The second-order valence-corrected chi connectivity index (χ2v) is 7.91. The third kappa shape index (κ3) is 5.00. The molecule has 0 aromatic heterocycles. The molecule has 0 amide bonds. The van der Waals surface area contributed by atoms with E-state index in [1.807, 2.05) is 0 Å². The fourth-order valence-corrected chi connectivity index (χ4v) is 4.62. The zero-order chi connectivity index (χ0) is 20.8. The Bertz CT molecular complexity index is 828. The first-order chi connectivity index (χ1) is 14.1. The molecule has 1 unspecified atom stereocenters. The first-order valence-corrected chi connectivity index (χ1v) is 10.7. The summed E-state index contributed by atoms with van der Waals surface area (Å²) in [5.41, 5.74) is 3.98. The van der Waals surface area contributed by atoms with Gasteiger partial charge in [-0.15, -0.1) is 0 Å². The van der Waals surface area contributed by atoms with Gasteiger partial charge >= 0.3 is 0 Å². The van der Waals surface area contributed by atoms with Gasteiger partial charge in [0, 0.05) is 24.1 Å². The van der Waals surface area contributed by atoms with Crippen LogP contribution in [0.15, 0.2) is 42.5 Å². The van der Waals surface area contributed by atoms with Crippen LogP contribution in [0.2, 0.25) is 0 Å². The van der Waals surface area contributed by atoms with Gasteiger partial charge < -0.3 is 25.0 Å². The van der Waals surface area contributed by atoms with Crippen LogP contribution in [-0.2, 0) is 13.0 Å². The summed E-state index contributed by atoms with van der Waals surface area (Å²) < 4.78 is 11.1. The number of rotatable bonds is 7. The highest BCUT2D eigenvalue weighted by Gasteiger charge is 2.36. The van der Waals surface area contributed by atoms with Crippen molar-refractivity contribution in [3.8, 4) is 11.5 Å². The molecule has 0 aliphatic carbocycles. The number of nitrogens with one attached hydrogen (secondary N) is 3. The number of hydrogen-bond acceptors (Lipinski definition) is 3. The molecule has 6 heteroatoms. The topological polar surface area (TPSA) is 47.0 Å². The first-order valence-electron chi connectivity index (χ1n) is 10.2. The number of fused-ring (bicyclic) bond motifs is 1. The van der Waals surface area contributed by atoms with Gasteiger partial charge in [-0.2, -0.15) is 0 Å². The number of methoxy groups -OCH3 is 2. The lowest BCUT2D eigenvalue weighted by Crippen LogP contribution is -3.13. The summed E-state index contributed by atoms with van der Waals surface area (Å²) in [6, 6.07) is 15.4. The molecule has 0 spiro atoms. The van der Waals surface area contributed by atoms with E-state index in [0.29, 0.717) is 5.11 Å². The van der Waals surface area contributed by atoms with Gasteiger partial charge in [0.25, 0.3) is 0 Å². The highest BCUT2D eigenvalue weighted by molar-refractivity contribution is 7.80. The molecule has 2 aromatic rings. The van der Waals surface area contributed by atoms with Gasteiger partial charge in [0.15, 0.2) is 16.6 Å². The highest BCUT2D eigenvalue weighted by Crippen LogP contribution is 2.35. The van der Waals surface area contributed by atoms with Crippen molar-refractivity contribution in [1.82, 2.24) is 10.6 Å². The Kier molecular flexibility index (Phi) is 7.34. The van der Waals surface area contributed by atoms with E-state index < -0.39 is 0 Å². The van der Waals surface area contributed by atoms with E-state index in [-0.39, 0.29) is 12.1 Å². The Morgan fingerprint density at radius 1 is 1.17 bits per heavy atom. The van der Waals surface area contributed by atoms with Gasteiger partial charge in [-0.05, 0) is 43.8 Å². The standard InChI is InChI=1S/C23H31N3O2S/c1-5-24-23(29)25-16(2)22-19-14-21(28-4)20(27-3)13-18(19)11-12-26(22)15-17-9-7-6-8-10-17/h6-10,13-14,16,22H,5,11-12,15H2,1-4H3,(H2,24,25,29)/p+1/t16-,22-/m1/s1. The summed E-state index contributed by atoms with van der Waals surface area (Å²) in [5.74, 6) is 1.57. The van der Waals surface area contributed by atoms with Gasteiger partial charge in [0.1, 0.15) is 12.6 Å². The van der Waals surface area contributed by atoms with Crippen LogP contribution in [0.25, 0.3) is 0 Å². The van der Waals surface area contributed by atoms with Crippen molar-refractivity contribution in [2.24, 2.45) is 0 Å². The summed E-state index contributed by atoms with van der Waals surface area (Å²) in [4.78, 5) is 1.52. The maximum absolute atomic E-state index is 5.61. The van der Waals surface area contributed by atoms with Gasteiger partial charge in [-0.25, -0.2) is 0 Å². The zero-order valence-corrected chi connectivity index (χ0v) is 18.6. The third-order valence-corrected chi connectivity index (χ3v) is 5.87. The Hall–Kier alpha value is -2.31. The second kappa shape index (κ2) is 9.94. The Balaban J connectivity index is 1.96. The average molecular weight is 415 g/mol.